The van der Waals surface area contributed by atoms with Gasteiger partial charge in [-0.25, -0.2) is 0 Å². The fourth-order valence-electron chi connectivity index (χ4n) is 4.60. The number of amides is 1. The van der Waals surface area contributed by atoms with Crippen LogP contribution < -0.4 is 5.73 Å². The van der Waals surface area contributed by atoms with E-state index in [0.29, 0.717) is 38.2 Å². The molecule has 2 aromatic rings. The number of piperidine rings is 1. The number of hydrogen-bond donors (Lipinski definition) is 2. The van der Waals surface area contributed by atoms with Crippen LogP contribution in [0.15, 0.2) is 54.6 Å². The van der Waals surface area contributed by atoms with Gasteiger partial charge in [0.25, 0.3) is 5.91 Å². The molecule has 1 spiro atoms. The van der Waals surface area contributed by atoms with Gasteiger partial charge in [-0.05, 0) is 36.1 Å². The van der Waals surface area contributed by atoms with Crippen LogP contribution in [-0.2, 0) is 4.74 Å². The molecule has 1 amide bonds. The van der Waals surface area contributed by atoms with Gasteiger partial charge in [0.2, 0.25) is 0 Å². The zero-order valence-electron chi connectivity index (χ0n) is 16.1. The summed E-state index contributed by atoms with van der Waals surface area (Å²) < 4.78 is 5.85. The summed E-state index contributed by atoms with van der Waals surface area (Å²) in [6.07, 6.45) is 1.94. The third kappa shape index (κ3) is 3.46. The monoisotopic (exact) mass is 380 g/mol. The highest BCUT2D eigenvalue weighted by molar-refractivity contribution is 5.95. The molecule has 1 saturated carbocycles. The first-order valence-corrected chi connectivity index (χ1v) is 10.1. The minimum absolute atomic E-state index is 0.0564. The van der Waals surface area contributed by atoms with Crippen molar-refractivity contribution >= 4 is 5.91 Å². The van der Waals surface area contributed by atoms with E-state index in [9.17, 15) is 9.90 Å². The van der Waals surface area contributed by atoms with Crippen LogP contribution in [0.2, 0.25) is 0 Å². The van der Waals surface area contributed by atoms with Crippen LogP contribution in [0.5, 0.6) is 0 Å². The molecule has 2 fully saturated rings. The lowest BCUT2D eigenvalue weighted by Crippen LogP contribution is -2.62. The van der Waals surface area contributed by atoms with E-state index >= 15 is 0 Å². The van der Waals surface area contributed by atoms with Gasteiger partial charge in [-0.1, -0.05) is 42.5 Å². The number of aliphatic hydroxyl groups is 1. The summed E-state index contributed by atoms with van der Waals surface area (Å²) in [5.74, 6) is 0.0564. The Hall–Kier alpha value is -2.21. The first kappa shape index (κ1) is 19.1. The Labute approximate surface area is 166 Å². The van der Waals surface area contributed by atoms with E-state index in [4.69, 9.17) is 10.5 Å². The van der Waals surface area contributed by atoms with Gasteiger partial charge in [0.1, 0.15) is 0 Å². The quantitative estimate of drug-likeness (QED) is 0.836. The lowest BCUT2D eigenvalue weighted by molar-refractivity contribution is -0.207. The molecule has 1 aliphatic heterocycles. The standard InChI is InChI=1S/C23H28N2O3/c24-11-14-28-21-16-20(26)23(21)9-12-25(13-10-23)22(27)19-8-4-7-18(15-19)17-5-2-1-3-6-17/h1-8,15,20-21,26H,9-14,16,24H2/t20-,21+/m1/s1. The SMILES string of the molecule is NCCO[C@H]1C[C@@H](O)C12CCN(C(=O)c1cccc(-c3ccccc3)c1)CC2. The van der Waals surface area contributed by atoms with Gasteiger partial charge in [-0.3, -0.25) is 4.79 Å². The zero-order chi connectivity index (χ0) is 19.6. The molecule has 1 heterocycles. The van der Waals surface area contributed by atoms with Gasteiger partial charge >= 0.3 is 0 Å². The van der Waals surface area contributed by atoms with Crippen molar-refractivity contribution < 1.29 is 14.6 Å². The molecule has 0 unspecified atom stereocenters. The summed E-state index contributed by atoms with van der Waals surface area (Å²) in [7, 11) is 0. The summed E-state index contributed by atoms with van der Waals surface area (Å²) in [5.41, 5.74) is 8.20. The molecule has 2 aliphatic rings. The fourth-order valence-corrected chi connectivity index (χ4v) is 4.60. The van der Waals surface area contributed by atoms with Crippen molar-refractivity contribution in [3.63, 3.8) is 0 Å². The second-order valence-corrected chi connectivity index (χ2v) is 7.87. The molecule has 2 atom stereocenters. The third-order valence-corrected chi connectivity index (χ3v) is 6.38. The molecular formula is C23H28N2O3. The van der Waals surface area contributed by atoms with Crippen molar-refractivity contribution in [1.29, 1.82) is 0 Å². The van der Waals surface area contributed by atoms with Crippen molar-refractivity contribution in [1.82, 2.24) is 4.90 Å². The predicted octanol–water partition coefficient (Wildman–Crippen LogP) is 2.68. The summed E-state index contributed by atoms with van der Waals surface area (Å²) in [4.78, 5) is 15.0. The lowest BCUT2D eigenvalue weighted by Gasteiger charge is -2.56. The summed E-state index contributed by atoms with van der Waals surface area (Å²) in [6, 6.07) is 17.9. The number of carbonyl (C=O) groups excluding carboxylic acids is 1. The second-order valence-electron chi connectivity index (χ2n) is 7.87. The maximum atomic E-state index is 13.1. The second kappa shape index (κ2) is 8.03. The Morgan fingerprint density at radius 3 is 2.50 bits per heavy atom. The van der Waals surface area contributed by atoms with Gasteiger partial charge in [0.15, 0.2) is 0 Å². The first-order valence-electron chi connectivity index (χ1n) is 10.1. The van der Waals surface area contributed by atoms with Crippen molar-refractivity contribution in [3.8, 4) is 11.1 Å². The number of ether oxygens (including phenoxy) is 1. The Balaban J connectivity index is 1.43. The molecule has 1 aliphatic carbocycles. The van der Waals surface area contributed by atoms with E-state index in [1.165, 1.54) is 0 Å². The minimum atomic E-state index is -0.339. The molecule has 28 heavy (non-hydrogen) atoms. The number of carbonyl (C=O) groups is 1. The smallest absolute Gasteiger partial charge is 0.253 e. The summed E-state index contributed by atoms with van der Waals surface area (Å²) in [5, 5.41) is 10.4. The average molecular weight is 380 g/mol. The fraction of sp³-hybridized carbons (Fsp3) is 0.435. The number of rotatable bonds is 5. The highest BCUT2D eigenvalue weighted by Gasteiger charge is 2.56. The number of nitrogens with two attached hydrogens (primary N) is 1. The Bertz CT molecular complexity index is 816. The Kier molecular flexibility index (Phi) is 5.49. The molecule has 1 saturated heterocycles. The van der Waals surface area contributed by atoms with Crippen molar-refractivity contribution in [2.75, 3.05) is 26.2 Å². The molecule has 2 aromatic carbocycles. The van der Waals surface area contributed by atoms with Crippen molar-refractivity contribution in [2.45, 2.75) is 31.5 Å². The van der Waals surface area contributed by atoms with Crippen LogP contribution in [0.3, 0.4) is 0 Å². The molecule has 0 aromatic heterocycles. The molecular weight excluding hydrogens is 352 g/mol. The van der Waals surface area contributed by atoms with Gasteiger partial charge in [-0.15, -0.1) is 0 Å². The van der Waals surface area contributed by atoms with Crippen molar-refractivity contribution in [2.24, 2.45) is 11.1 Å². The highest BCUT2D eigenvalue weighted by atomic mass is 16.5. The van der Waals surface area contributed by atoms with Crippen molar-refractivity contribution in [3.05, 3.63) is 60.2 Å². The molecule has 0 radical (unpaired) electrons. The van der Waals surface area contributed by atoms with Crippen LogP contribution in [0.1, 0.15) is 29.6 Å². The number of benzene rings is 2. The highest BCUT2D eigenvalue weighted by Crippen LogP contribution is 2.51. The lowest BCUT2D eigenvalue weighted by atomic mass is 9.58. The molecule has 3 N–H and O–H groups in total. The number of nitrogens with zero attached hydrogens (tertiary/aromatic N) is 1. The molecule has 4 rings (SSSR count). The summed E-state index contributed by atoms with van der Waals surface area (Å²) >= 11 is 0. The Morgan fingerprint density at radius 2 is 1.82 bits per heavy atom. The van der Waals surface area contributed by atoms with Gasteiger partial charge in [-0.2, -0.15) is 0 Å². The average Bonchev–Trinajstić information content (AvgIpc) is 2.77. The van der Waals surface area contributed by atoms with Crippen LogP contribution in [0, 0.1) is 5.41 Å². The van der Waals surface area contributed by atoms with Gasteiger partial charge < -0.3 is 20.5 Å². The van der Waals surface area contributed by atoms with E-state index in [1.54, 1.807) is 0 Å². The van der Waals surface area contributed by atoms with Gasteiger partial charge in [0.05, 0.1) is 18.8 Å². The molecule has 5 nitrogen and oxygen atoms in total. The third-order valence-electron chi connectivity index (χ3n) is 6.38. The number of likely N-dealkylation sites (tertiary alicyclic amines) is 1. The maximum Gasteiger partial charge on any atom is 0.253 e. The van der Waals surface area contributed by atoms with Crippen LogP contribution in [-0.4, -0.2) is 54.4 Å². The van der Waals surface area contributed by atoms with Crippen LogP contribution >= 0.6 is 0 Å². The molecule has 0 bridgehead atoms. The molecule has 5 heteroatoms. The van der Waals surface area contributed by atoms with E-state index in [2.05, 4.69) is 0 Å². The van der Waals surface area contributed by atoms with E-state index in [1.807, 2.05) is 59.5 Å². The maximum absolute atomic E-state index is 13.1. The minimum Gasteiger partial charge on any atom is -0.392 e. The predicted molar refractivity (Wildman–Crippen MR) is 109 cm³/mol. The molecule has 148 valence electrons. The Morgan fingerprint density at radius 1 is 1.11 bits per heavy atom. The zero-order valence-corrected chi connectivity index (χ0v) is 16.1. The van der Waals surface area contributed by atoms with Gasteiger partial charge in [0, 0.05) is 37.0 Å². The number of aliphatic hydroxyl groups excluding tert-OH is 1. The largest absolute Gasteiger partial charge is 0.392 e. The van der Waals surface area contributed by atoms with E-state index in [0.717, 1.165) is 24.0 Å². The summed E-state index contributed by atoms with van der Waals surface area (Å²) in [6.45, 7) is 2.31. The normalized spacial score (nSPS) is 23.4. The van der Waals surface area contributed by atoms with Crippen LogP contribution in [0.25, 0.3) is 11.1 Å². The number of hydrogen-bond acceptors (Lipinski definition) is 4. The van der Waals surface area contributed by atoms with E-state index in [-0.39, 0.29) is 23.5 Å². The van der Waals surface area contributed by atoms with E-state index < -0.39 is 0 Å². The van der Waals surface area contributed by atoms with Crippen LogP contribution in [0.4, 0.5) is 0 Å². The topological polar surface area (TPSA) is 75.8 Å². The first-order chi connectivity index (χ1) is 13.6.